The van der Waals surface area contributed by atoms with Crippen LogP contribution in [0.2, 0.25) is 0 Å². The third-order valence-corrected chi connectivity index (χ3v) is 9.36. The molecule has 0 unspecified atom stereocenters. The number of aromatic nitrogens is 8. The minimum Gasteiger partial charge on any atom is -1.00 e. The van der Waals surface area contributed by atoms with Crippen molar-refractivity contribution in [3.63, 3.8) is 0 Å². The maximum atomic E-state index is 12.4. The van der Waals surface area contributed by atoms with Gasteiger partial charge in [-0.1, -0.05) is 48.5 Å². The Bertz CT molecular complexity index is 3290. The third kappa shape index (κ3) is 19.1. The SMILES string of the molecule is Cc1cn(-c2ccccc2C#N)c(C)n1.Cc1cnc(C)[nH]1.Cc1nc(C)n(-c2ccccc2C#N)c1[N+](=O)[O-].Cc1nc(C)n(-c2ccccc2C#N)c1[N+](=O)[O-].N#Cc1ccccc1F.O=[N+]([O-])O.[B]=NS.[H-].[Na+]. The average molecular weight is 1040 g/mol. The van der Waals surface area contributed by atoms with E-state index in [1.807, 2.05) is 81.1 Å². The Morgan fingerprint density at radius 2 is 0.987 bits per heavy atom. The van der Waals surface area contributed by atoms with Crippen LogP contribution < -0.4 is 29.6 Å². The number of nitrogens with one attached hydrogen (secondary N) is 1. The molecule has 377 valence electrons. The molecule has 0 saturated heterocycles. The van der Waals surface area contributed by atoms with Gasteiger partial charge in [-0.2, -0.15) is 30.2 Å². The number of aryl methyl sites for hydroxylation is 8. The predicted octanol–water partition coefficient (Wildman–Crippen LogP) is 6.57. The van der Waals surface area contributed by atoms with Crippen LogP contribution in [0, 0.1) is 137 Å². The largest absolute Gasteiger partial charge is 1.00 e. The molecule has 0 spiro atoms. The molecule has 23 nitrogen and oxygen atoms in total. The average Bonchev–Trinajstić information content (AvgIpc) is 4.10. The number of para-hydroxylation sites is 3. The van der Waals surface area contributed by atoms with Crippen LogP contribution >= 0.6 is 12.8 Å². The minimum absolute atomic E-state index is 0. The monoisotopic (exact) mass is 1040 g/mol. The van der Waals surface area contributed by atoms with Crippen LogP contribution in [0.15, 0.2) is 114 Å². The Morgan fingerprint density at radius 1 is 0.640 bits per heavy atom. The number of H-pyrrole nitrogens is 1. The number of nitrogens with zero attached hydrogens (tertiary/aromatic N) is 15. The molecular formula is C48H46BFN16NaO7S. The van der Waals surface area contributed by atoms with Crippen molar-refractivity contribution in [2.75, 3.05) is 0 Å². The molecule has 27 heteroatoms. The van der Waals surface area contributed by atoms with Crippen LogP contribution in [-0.4, -0.2) is 66.4 Å². The summed E-state index contributed by atoms with van der Waals surface area (Å²) in [6, 6.07) is 34.8. The summed E-state index contributed by atoms with van der Waals surface area (Å²) in [4.78, 5) is 49.1. The molecule has 4 heterocycles. The summed E-state index contributed by atoms with van der Waals surface area (Å²) in [5.41, 5.74) is 6.11. The Kier molecular flexibility index (Phi) is 27.2. The summed E-state index contributed by atoms with van der Waals surface area (Å²) in [5, 5.41) is 71.1. The number of nitro groups is 2. The first-order valence-electron chi connectivity index (χ1n) is 21.0. The van der Waals surface area contributed by atoms with Crippen LogP contribution in [0.5, 0.6) is 0 Å². The molecule has 1 radical (unpaired) electrons. The molecule has 0 aliphatic heterocycles. The number of thiol groups is 1. The molecular weight excluding hydrogens is 997 g/mol. The van der Waals surface area contributed by atoms with E-state index in [2.05, 4.69) is 55.7 Å². The number of aromatic amines is 1. The Morgan fingerprint density at radius 3 is 1.27 bits per heavy atom. The zero-order valence-corrected chi connectivity index (χ0v) is 44.8. The number of nitriles is 4. The normalized spacial score (nSPS) is 9.19. The van der Waals surface area contributed by atoms with Crippen molar-refractivity contribution in [1.82, 2.24) is 38.6 Å². The number of rotatable bonds is 5. The van der Waals surface area contributed by atoms with E-state index >= 15 is 0 Å². The van der Waals surface area contributed by atoms with Gasteiger partial charge in [0.15, 0.2) is 23.0 Å². The number of halogens is 1. The van der Waals surface area contributed by atoms with Gasteiger partial charge in [-0.3, -0.25) is 0 Å². The zero-order chi connectivity index (χ0) is 55.7. The van der Waals surface area contributed by atoms with E-state index in [1.165, 1.54) is 21.3 Å². The van der Waals surface area contributed by atoms with E-state index in [1.54, 1.807) is 94.4 Å². The van der Waals surface area contributed by atoms with Gasteiger partial charge in [-0.05, 0) is 99.9 Å². The third-order valence-electron chi connectivity index (χ3n) is 9.36. The van der Waals surface area contributed by atoms with Crippen LogP contribution in [-0.2, 0) is 0 Å². The first kappa shape index (κ1) is 63.8. The molecule has 8 rings (SSSR count). The predicted molar refractivity (Wildman–Crippen MR) is 273 cm³/mol. The van der Waals surface area contributed by atoms with Gasteiger partial charge in [0.2, 0.25) is 0 Å². The minimum atomic E-state index is -1.50. The molecule has 8 aromatic rings. The molecule has 0 aliphatic rings. The molecule has 75 heavy (non-hydrogen) atoms. The molecule has 0 bridgehead atoms. The zero-order valence-electron chi connectivity index (χ0n) is 42.9. The second-order valence-corrected chi connectivity index (χ2v) is 14.8. The van der Waals surface area contributed by atoms with Gasteiger partial charge in [0.1, 0.15) is 53.1 Å². The van der Waals surface area contributed by atoms with Gasteiger partial charge in [0.25, 0.3) is 5.09 Å². The molecule has 4 aromatic heterocycles. The first-order valence-corrected chi connectivity index (χ1v) is 21.4. The van der Waals surface area contributed by atoms with Crippen molar-refractivity contribution in [2.24, 2.45) is 4.30 Å². The van der Waals surface area contributed by atoms with Gasteiger partial charge in [0.05, 0.1) is 33.6 Å². The van der Waals surface area contributed by atoms with E-state index in [-0.39, 0.29) is 48.2 Å². The van der Waals surface area contributed by atoms with Crippen molar-refractivity contribution in [1.29, 1.82) is 21.0 Å². The van der Waals surface area contributed by atoms with Crippen LogP contribution in [0.25, 0.3) is 17.1 Å². The van der Waals surface area contributed by atoms with E-state index in [4.69, 9.17) is 36.4 Å². The van der Waals surface area contributed by atoms with E-state index in [0.29, 0.717) is 51.1 Å². The molecule has 0 amide bonds. The van der Waals surface area contributed by atoms with E-state index in [9.17, 15) is 24.6 Å². The number of benzene rings is 4. The van der Waals surface area contributed by atoms with Crippen molar-refractivity contribution < 1.29 is 55.5 Å². The summed E-state index contributed by atoms with van der Waals surface area (Å²) >= 11 is 3.19. The molecule has 0 aliphatic carbocycles. The van der Waals surface area contributed by atoms with Gasteiger partial charge < -0.3 is 36.4 Å². The van der Waals surface area contributed by atoms with E-state index in [0.717, 1.165) is 28.7 Å². The first-order chi connectivity index (χ1) is 35.1. The van der Waals surface area contributed by atoms with Crippen LogP contribution in [0.1, 0.15) is 69.8 Å². The number of hydrogen-bond donors (Lipinski definition) is 3. The molecule has 0 saturated carbocycles. The molecule has 2 N–H and O–H groups in total. The van der Waals surface area contributed by atoms with Crippen molar-refractivity contribution in [3.8, 4) is 41.3 Å². The standard InChI is InChI=1S/2C12H10N4O2.C12H11N3.C7H4FN.C5H8N2.BHNS.HNO3.Na.H/c2*1-8-12(16(17)18)15(9(2)14-8)11-6-4-3-5-10(11)7-13;1-9-8-15(10(2)14-9)12-6-4-3-5-11(12)7-13;8-7-4-2-1-3-6(7)5-9;1-4-3-6-5(2)7-4;1-2-3;2-1(3)4;;/h2*3-6H,1-2H3;3-6,8H,1-2H3;1-4H;3H,1-2H3,(H,6,7);3H;(H,2,3,4);;/q;;;;;;;+1;-1. The summed E-state index contributed by atoms with van der Waals surface area (Å²) in [5.74, 6) is 2.20. The second kappa shape index (κ2) is 32.0. The summed E-state index contributed by atoms with van der Waals surface area (Å²) in [6.45, 7) is 14.3. The van der Waals surface area contributed by atoms with Crippen LogP contribution in [0.4, 0.5) is 16.0 Å². The molecule has 0 fully saturated rings. The van der Waals surface area contributed by atoms with Crippen molar-refractivity contribution in [3.05, 3.63) is 214 Å². The van der Waals surface area contributed by atoms with Crippen molar-refractivity contribution in [2.45, 2.75) is 55.4 Å². The van der Waals surface area contributed by atoms with Crippen molar-refractivity contribution >= 4 is 32.1 Å². The fourth-order valence-electron chi connectivity index (χ4n) is 6.58. The summed E-state index contributed by atoms with van der Waals surface area (Å²) in [6.07, 6.45) is 3.75. The fourth-order valence-corrected chi connectivity index (χ4v) is 6.58. The summed E-state index contributed by atoms with van der Waals surface area (Å²) < 4.78 is 19.8. The number of hydrogen-bond acceptors (Lipinski definition) is 16. The molecule has 0 atom stereocenters. The number of imidazole rings is 4. The smallest absolute Gasteiger partial charge is 1.00 e. The Balaban J connectivity index is 0.000000917. The summed E-state index contributed by atoms with van der Waals surface area (Å²) in [7, 11) is 4.34. The Labute approximate surface area is 459 Å². The van der Waals surface area contributed by atoms with Gasteiger partial charge in [-0.15, -0.1) is 10.1 Å². The maximum absolute atomic E-state index is 12.4. The Hall–Kier alpha value is -9.18. The quantitative estimate of drug-likeness (QED) is 0.0710. The van der Waals surface area contributed by atoms with Gasteiger partial charge >= 0.3 is 65.9 Å². The van der Waals surface area contributed by atoms with E-state index < -0.39 is 20.8 Å². The maximum Gasteiger partial charge on any atom is 1.00 e. The van der Waals surface area contributed by atoms with Crippen LogP contribution in [0.3, 0.4) is 0 Å². The molecule has 4 aromatic carbocycles. The fraction of sp³-hybridized carbons (Fsp3) is 0.167. The topological polar surface area (TPSA) is 339 Å². The van der Waals surface area contributed by atoms with Gasteiger partial charge in [-0.25, -0.2) is 24.3 Å². The second-order valence-electron chi connectivity index (χ2n) is 14.6. The van der Waals surface area contributed by atoms with Gasteiger partial charge in [0, 0.05) is 31.9 Å².